The van der Waals surface area contributed by atoms with Crippen molar-refractivity contribution in [3.8, 4) is 11.3 Å². The van der Waals surface area contributed by atoms with Gasteiger partial charge in [0.2, 0.25) is 5.95 Å². The molecular weight excluding hydrogens is 386 g/mol. The number of fused-ring (bicyclic) bond motifs is 2. The summed E-state index contributed by atoms with van der Waals surface area (Å²) < 4.78 is 0. The Morgan fingerprint density at radius 3 is 2.61 bits per heavy atom. The van der Waals surface area contributed by atoms with Crippen molar-refractivity contribution in [1.29, 1.82) is 0 Å². The molecule has 2 heterocycles. The SMILES string of the molecule is Cc1ccc2nc(N/N=C/c3cc4ccccc4[nH]c3=O)nc(-c3ccccc3)c2c1. The minimum atomic E-state index is -0.205. The number of hydrazone groups is 1. The van der Waals surface area contributed by atoms with Crippen LogP contribution in [-0.2, 0) is 0 Å². The highest BCUT2D eigenvalue weighted by Crippen LogP contribution is 2.28. The smallest absolute Gasteiger partial charge is 0.257 e. The quantitative estimate of drug-likeness (QED) is 0.329. The third-order valence-electron chi connectivity index (χ3n) is 5.05. The maximum absolute atomic E-state index is 12.3. The van der Waals surface area contributed by atoms with Crippen molar-refractivity contribution >= 4 is 34.0 Å². The number of H-pyrrole nitrogens is 1. The van der Waals surface area contributed by atoms with Crippen LogP contribution in [0.25, 0.3) is 33.1 Å². The average Bonchev–Trinajstić information content (AvgIpc) is 2.79. The number of benzene rings is 3. The molecule has 0 aliphatic carbocycles. The van der Waals surface area contributed by atoms with Gasteiger partial charge in [-0.15, -0.1) is 0 Å². The summed E-state index contributed by atoms with van der Waals surface area (Å²) >= 11 is 0. The van der Waals surface area contributed by atoms with Crippen LogP contribution in [0.4, 0.5) is 5.95 Å². The third-order valence-corrected chi connectivity index (χ3v) is 5.05. The molecule has 0 atom stereocenters. The number of aryl methyl sites for hydroxylation is 1. The Labute approximate surface area is 178 Å². The van der Waals surface area contributed by atoms with Gasteiger partial charge in [0, 0.05) is 16.5 Å². The van der Waals surface area contributed by atoms with E-state index in [2.05, 4.69) is 26.6 Å². The van der Waals surface area contributed by atoms with Crippen molar-refractivity contribution in [1.82, 2.24) is 15.0 Å². The molecule has 0 unspecified atom stereocenters. The Hall–Kier alpha value is -4.32. The maximum Gasteiger partial charge on any atom is 0.257 e. The number of nitrogens with zero attached hydrogens (tertiary/aromatic N) is 3. The molecule has 5 aromatic rings. The van der Waals surface area contributed by atoms with Gasteiger partial charge in [-0.25, -0.2) is 15.4 Å². The predicted octanol–water partition coefficient (Wildman–Crippen LogP) is 4.89. The van der Waals surface area contributed by atoms with E-state index in [1.54, 1.807) is 6.07 Å². The predicted molar refractivity (Wildman–Crippen MR) is 125 cm³/mol. The van der Waals surface area contributed by atoms with Gasteiger partial charge in [0.25, 0.3) is 5.56 Å². The molecule has 150 valence electrons. The van der Waals surface area contributed by atoms with Gasteiger partial charge in [0.15, 0.2) is 0 Å². The van der Waals surface area contributed by atoms with E-state index in [1.165, 1.54) is 6.21 Å². The lowest BCUT2D eigenvalue weighted by Crippen LogP contribution is -2.12. The van der Waals surface area contributed by atoms with E-state index >= 15 is 0 Å². The van der Waals surface area contributed by atoms with Crippen LogP contribution in [0, 0.1) is 6.92 Å². The van der Waals surface area contributed by atoms with Crippen molar-refractivity contribution < 1.29 is 0 Å². The van der Waals surface area contributed by atoms with E-state index < -0.39 is 0 Å². The first-order valence-corrected chi connectivity index (χ1v) is 9.92. The van der Waals surface area contributed by atoms with Crippen LogP contribution < -0.4 is 11.0 Å². The van der Waals surface area contributed by atoms with Crippen LogP contribution in [0.1, 0.15) is 11.1 Å². The molecule has 0 saturated carbocycles. The summed E-state index contributed by atoms with van der Waals surface area (Å²) in [6, 6.07) is 25.5. The second-order valence-corrected chi connectivity index (χ2v) is 7.29. The number of rotatable bonds is 4. The fraction of sp³-hybridized carbons (Fsp3) is 0.0400. The summed E-state index contributed by atoms with van der Waals surface area (Å²) in [6.45, 7) is 2.05. The van der Waals surface area contributed by atoms with Crippen molar-refractivity contribution in [3.63, 3.8) is 0 Å². The fourth-order valence-corrected chi connectivity index (χ4v) is 3.53. The summed E-state index contributed by atoms with van der Waals surface area (Å²) in [5.41, 5.74) is 7.70. The molecule has 0 fully saturated rings. The van der Waals surface area contributed by atoms with Crippen LogP contribution in [0.3, 0.4) is 0 Å². The number of hydrogen-bond acceptors (Lipinski definition) is 5. The van der Waals surface area contributed by atoms with Gasteiger partial charge >= 0.3 is 0 Å². The van der Waals surface area contributed by atoms with Gasteiger partial charge in [-0.2, -0.15) is 5.10 Å². The molecule has 0 aliphatic heterocycles. The van der Waals surface area contributed by atoms with E-state index in [9.17, 15) is 4.79 Å². The third kappa shape index (κ3) is 3.79. The Kier molecular flexibility index (Phi) is 4.72. The molecular formula is C25H19N5O. The summed E-state index contributed by atoms with van der Waals surface area (Å²) in [5.74, 6) is 0.365. The minimum Gasteiger partial charge on any atom is -0.321 e. The van der Waals surface area contributed by atoms with E-state index in [4.69, 9.17) is 4.98 Å². The van der Waals surface area contributed by atoms with Crippen molar-refractivity contribution in [2.75, 3.05) is 5.43 Å². The van der Waals surface area contributed by atoms with Crippen molar-refractivity contribution in [2.45, 2.75) is 6.92 Å². The lowest BCUT2D eigenvalue weighted by molar-refractivity contribution is 1.15. The molecule has 5 rings (SSSR count). The van der Waals surface area contributed by atoms with Gasteiger partial charge in [-0.05, 0) is 36.6 Å². The largest absolute Gasteiger partial charge is 0.321 e. The topological polar surface area (TPSA) is 83.0 Å². The molecule has 2 aromatic heterocycles. The van der Waals surface area contributed by atoms with Crippen LogP contribution >= 0.6 is 0 Å². The number of nitrogens with one attached hydrogen (secondary N) is 2. The van der Waals surface area contributed by atoms with E-state index in [-0.39, 0.29) is 5.56 Å². The summed E-state index contributed by atoms with van der Waals surface area (Å²) in [5, 5.41) is 6.13. The van der Waals surface area contributed by atoms with Gasteiger partial charge in [-0.1, -0.05) is 60.2 Å². The van der Waals surface area contributed by atoms with Crippen LogP contribution in [0.2, 0.25) is 0 Å². The van der Waals surface area contributed by atoms with E-state index in [0.717, 1.165) is 38.6 Å². The van der Waals surface area contributed by atoms with Crippen LogP contribution in [0.5, 0.6) is 0 Å². The van der Waals surface area contributed by atoms with E-state index in [0.29, 0.717) is 11.5 Å². The number of aromatic amines is 1. The Balaban J connectivity index is 1.52. The van der Waals surface area contributed by atoms with Gasteiger partial charge < -0.3 is 4.98 Å². The molecule has 31 heavy (non-hydrogen) atoms. The van der Waals surface area contributed by atoms with Crippen molar-refractivity contribution in [3.05, 3.63) is 100 Å². The molecule has 0 saturated heterocycles. The average molecular weight is 405 g/mol. The molecule has 6 heteroatoms. The normalized spacial score (nSPS) is 11.4. The van der Waals surface area contributed by atoms with Crippen molar-refractivity contribution in [2.24, 2.45) is 5.10 Å². The number of hydrogen-bond donors (Lipinski definition) is 2. The highest BCUT2D eigenvalue weighted by atomic mass is 16.1. The minimum absolute atomic E-state index is 0.205. The standard InChI is InChI=1S/C25H19N5O/c1-16-11-12-22-20(13-16)23(17-7-3-2-4-8-17)29-25(28-22)30-26-15-19-14-18-9-5-6-10-21(18)27-24(19)31/h2-15H,1H3,(H,27,31)(H,28,29,30)/b26-15+. The number of aromatic nitrogens is 3. The lowest BCUT2D eigenvalue weighted by Gasteiger charge is -2.09. The molecule has 0 amide bonds. The maximum atomic E-state index is 12.3. The molecule has 0 spiro atoms. The zero-order chi connectivity index (χ0) is 21.2. The fourth-order valence-electron chi connectivity index (χ4n) is 3.53. The van der Waals surface area contributed by atoms with E-state index in [1.807, 2.05) is 73.7 Å². The summed E-state index contributed by atoms with van der Waals surface area (Å²) in [6.07, 6.45) is 1.48. The Morgan fingerprint density at radius 2 is 1.74 bits per heavy atom. The van der Waals surface area contributed by atoms with Gasteiger partial charge in [0.05, 0.1) is 23.0 Å². The zero-order valence-electron chi connectivity index (χ0n) is 16.8. The number of para-hydroxylation sites is 1. The number of anilines is 1. The second-order valence-electron chi connectivity index (χ2n) is 7.29. The molecule has 3 aromatic carbocycles. The number of pyridine rings is 1. The molecule has 0 radical (unpaired) electrons. The first kappa shape index (κ1) is 18.7. The monoisotopic (exact) mass is 405 g/mol. The summed E-state index contributed by atoms with van der Waals surface area (Å²) in [4.78, 5) is 24.5. The first-order chi connectivity index (χ1) is 15.2. The highest BCUT2D eigenvalue weighted by Gasteiger charge is 2.10. The Morgan fingerprint density at radius 1 is 0.935 bits per heavy atom. The first-order valence-electron chi connectivity index (χ1n) is 9.92. The molecule has 0 bridgehead atoms. The summed E-state index contributed by atoms with van der Waals surface area (Å²) in [7, 11) is 0. The lowest BCUT2D eigenvalue weighted by atomic mass is 10.0. The highest BCUT2D eigenvalue weighted by molar-refractivity contribution is 5.93. The molecule has 6 nitrogen and oxygen atoms in total. The molecule has 2 N–H and O–H groups in total. The zero-order valence-corrected chi connectivity index (χ0v) is 16.8. The van der Waals surface area contributed by atoms with Gasteiger partial charge in [0.1, 0.15) is 0 Å². The van der Waals surface area contributed by atoms with Gasteiger partial charge in [-0.3, -0.25) is 4.79 Å². The van der Waals surface area contributed by atoms with Crippen LogP contribution in [-0.4, -0.2) is 21.2 Å². The Bertz CT molecular complexity index is 1490. The van der Waals surface area contributed by atoms with Crippen LogP contribution in [0.15, 0.2) is 88.8 Å². The second kappa shape index (κ2) is 7.84. The molecule has 0 aliphatic rings.